The van der Waals surface area contributed by atoms with Crippen molar-refractivity contribution < 1.29 is 14.3 Å². The Kier molecular flexibility index (Phi) is 5.72. The highest BCUT2D eigenvalue weighted by Crippen LogP contribution is 2.25. The van der Waals surface area contributed by atoms with Crippen molar-refractivity contribution in [2.24, 2.45) is 0 Å². The zero-order valence-corrected chi connectivity index (χ0v) is 19.3. The Morgan fingerprint density at radius 3 is 2.85 bits per heavy atom. The Bertz CT molecular complexity index is 1340. The van der Waals surface area contributed by atoms with Gasteiger partial charge in [-0.2, -0.15) is 5.10 Å². The van der Waals surface area contributed by atoms with E-state index in [2.05, 4.69) is 41.6 Å². The van der Waals surface area contributed by atoms with Gasteiger partial charge in [-0.15, -0.1) is 0 Å². The molecule has 0 spiro atoms. The van der Waals surface area contributed by atoms with E-state index in [1.54, 1.807) is 0 Å². The zero-order valence-electron chi connectivity index (χ0n) is 19.3. The predicted molar refractivity (Wildman–Crippen MR) is 126 cm³/mol. The second-order valence-electron chi connectivity index (χ2n) is 8.55. The van der Waals surface area contributed by atoms with Crippen LogP contribution in [0, 0.1) is 13.8 Å². The van der Waals surface area contributed by atoms with Gasteiger partial charge in [0, 0.05) is 18.7 Å². The Balaban J connectivity index is 1.28. The van der Waals surface area contributed by atoms with Gasteiger partial charge >= 0.3 is 5.97 Å². The molecule has 0 fully saturated rings. The Morgan fingerprint density at radius 2 is 2.03 bits per heavy atom. The standard InChI is InChI=1S/C26H28N4O3/c1-4-30-20(13-22(28-30)21-7-5-17(2)11-18(21)3)14-26(31)33-15-19-6-8-24-23(12-19)27-25-16-32-10-9-29(24)25/h5-8,11-13H,4,9-10,14-16H2,1-3H3. The summed E-state index contributed by atoms with van der Waals surface area (Å²) >= 11 is 0. The molecule has 0 atom stereocenters. The largest absolute Gasteiger partial charge is 0.461 e. The van der Waals surface area contributed by atoms with Gasteiger partial charge in [0.15, 0.2) is 0 Å². The number of hydrogen-bond acceptors (Lipinski definition) is 5. The van der Waals surface area contributed by atoms with E-state index in [9.17, 15) is 4.79 Å². The summed E-state index contributed by atoms with van der Waals surface area (Å²) in [4.78, 5) is 17.3. The van der Waals surface area contributed by atoms with Gasteiger partial charge in [-0.3, -0.25) is 9.48 Å². The van der Waals surface area contributed by atoms with Gasteiger partial charge in [-0.25, -0.2) is 4.98 Å². The lowest BCUT2D eigenvalue weighted by Gasteiger charge is -2.14. The first-order valence-corrected chi connectivity index (χ1v) is 11.4. The van der Waals surface area contributed by atoms with Gasteiger partial charge in [0.25, 0.3) is 0 Å². The van der Waals surface area contributed by atoms with Crippen LogP contribution in [-0.2, 0) is 47.0 Å². The summed E-state index contributed by atoms with van der Waals surface area (Å²) in [5, 5.41) is 4.71. The fourth-order valence-corrected chi connectivity index (χ4v) is 4.46. The summed E-state index contributed by atoms with van der Waals surface area (Å²) in [7, 11) is 0. The number of benzene rings is 2. The minimum Gasteiger partial charge on any atom is -0.461 e. The fourth-order valence-electron chi connectivity index (χ4n) is 4.46. The summed E-state index contributed by atoms with van der Waals surface area (Å²) in [6, 6.07) is 14.3. The summed E-state index contributed by atoms with van der Waals surface area (Å²) in [5.74, 6) is 0.673. The molecule has 5 rings (SSSR count). The van der Waals surface area contributed by atoms with Gasteiger partial charge in [0.1, 0.15) is 19.0 Å². The molecular formula is C26H28N4O3. The molecule has 170 valence electrons. The van der Waals surface area contributed by atoms with Crippen LogP contribution in [0.3, 0.4) is 0 Å². The molecule has 0 saturated carbocycles. The number of nitrogens with zero attached hydrogens (tertiary/aromatic N) is 4. The van der Waals surface area contributed by atoms with Crippen LogP contribution in [0.15, 0.2) is 42.5 Å². The van der Waals surface area contributed by atoms with Crippen LogP contribution in [0.1, 0.15) is 35.1 Å². The average molecular weight is 445 g/mol. The van der Waals surface area contributed by atoms with Crippen LogP contribution in [-0.4, -0.2) is 31.9 Å². The van der Waals surface area contributed by atoms with Crippen molar-refractivity contribution in [2.45, 2.75) is 53.5 Å². The molecule has 7 heteroatoms. The van der Waals surface area contributed by atoms with Gasteiger partial charge < -0.3 is 14.0 Å². The first-order valence-electron chi connectivity index (χ1n) is 11.4. The van der Waals surface area contributed by atoms with Crippen molar-refractivity contribution in [1.82, 2.24) is 19.3 Å². The topological polar surface area (TPSA) is 71.2 Å². The van der Waals surface area contributed by atoms with Gasteiger partial charge in [-0.1, -0.05) is 29.8 Å². The van der Waals surface area contributed by atoms with Crippen LogP contribution in [0.25, 0.3) is 22.3 Å². The number of hydrogen-bond donors (Lipinski definition) is 0. The van der Waals surface area contributed by atoms with Crippen LogP contribution in [0.5, 0.6) is 0 Å². The molecule has 0 aliphatic carbocycles. The third-order valence-corrected chi connectivity index (χ3v) is 6.13. The molecule has 1 aliphatic heterocycles. The van der Waals surface area contributed by atoms with E-state index in [0.29, 0.717) is 19.8 Å². The highest BCUT2D eigenvalue weighted by molar-refractivity contribution is 5.77. The highest BCUT2D eigenvalue weighted by atomic mass is 16.5. The molecule has 33 heavy (non-hydrogen) atoms. The minimum atomic E-state index is -0.269. The van der Waals surface area contributed by atoms with E-state index in [1.807, 2.05) is 35.9 Å². The maximum absolute atomic E-state index is 12.6. The molecule has 4 aromatic rings. The second kappa shape index (κ2) is 8.83. The third kappa shape index (κ3) is 4.28. The molecule has 1 aliphatic rings. The van der Waals surface area contributed by atoms with Crippen LogP contribution >= 0.6 is 0 Å². The number of aryl methyl sites for hydroxylation is 3. The maximum Gasteiger partial charge on any atom is 0.312 e. The minimum absolute atomic E-state index is 0.185. The number of imidazole rings is 1. The molecule has 7 nitrogen and oxygen atoms in total. The second-order valence-corrected chi connectivity index (χ2v) is 8.55. The van der Waals surface area contributed by atoms with E-state index >= 15 is 0 Å². The number of esters is 1. The number of carbonyl (C=O) groups is 1. The maximum atomic E-state index is 12.6. The Hall–Kier alpha value is -3.45. The monoisotopic (exact) mass is 444 g/mol. The molecule has 0 radical (unpaired) electrons. The lowest BCUT2D eigenvalue weighted by atomic mass is 10.0. The van der Waals surface area contributed by atoms with E-state index in [1.165, 1.54) is 11.1 Å². The van der Waals surface area contributed by atoms with E-state index in [-0.39, 0.29) is 19.0 Å². The van der Waals surface area contributed by atoms with Crippen molar-refractivity contribution in [1.29, 1.82) is 0 Å². The SMILES string of the molecule is CCn1nc(-c2ccc(C)cc2C)cc1CC(=O)OCc1ccc2c(c1)nc1n2CCOC1. The van der Waals surface area contributed by atoms with E-state index in [4.69, 9.17) is 14.6 Å². The molecule has 0 saturated heterocycles. The molecule has 0 unspecified atom stereocenters. The van der Waals surface area contributed by atoms with Gasteiger partial charge in [-0.05, 0) is 50.1 Å². The lowest BCUT2D eigenvalue weighted by molar-refractivity contribution is -0.144. The molecule has 0 amide bonds. The Morgan fingerprint density at radius 1 is 1.15 bits per heavy atom. The molecule has 2 aromatic carbocycles. The molecule has 3 heterocycles. The summed E-state index contributed by atoms with van der Waals surface area (Å²) in [6.07, 6.45) is 0.185. The molecule has 2 aromatic heterocycles. The van der Waals surface area contributed by atoms with Crippen molar-refractivity contribution in [2.75, 3.05) is 6.61 Å². The van der Waals surface area contributed by atoms with Crippen LogP contribution < -0.4 is 0 Å². The van der Waals surface area contributed by atoms with Crippen LogP contribution in [0.4, 0.5) is 0 Å². The van der Waals surface area contributed by atoms with E-state index in [0.717, 1.165) is 45.9 Å². The average Bonchev–Trinajstić information content (AvgIpc) is 3.38. The fraction of sp³-hybridized carbons (Fsp3) is 0.346. The molecular weight excluding hydrogens is 416 g/mol. The first kappa shape index (κ1) is 21.4. The number of carbonyl (C=O) groups excluding carboxylic acids is 1. The zero-order chi connectivity index (χ0) is 22.9. The van der Waals surface area contributed by atoms with Gasteiger partial charge in [0.2, 0.25) is 0 Å². The normalized spacial score (nSPS) is 13.3. The van der Waals surface area contributed by atoms with Gasteiger partial charge in [0.05, 0.1) is 35.4 Å². The van der Waals surface area contributed by atoms with Crippen molar-refractivity contribution >= 4 is 17.0 Å². The summed E-state index contributed by atoms with van der Waals surface area (Å²) < 4.78 is 15.2. The Labute approximate surface area is 193 Å². The van der Waals surface area contributed by atoms with Crippen molar-refractivity contribution in [3.8, 4) is 11.3 Å². The molecule has 0 bridgehead atoms. The lowest BCUT2D eigenvalue weighted by Crippen LogP contribution is -2.16. The number of rotatable bonds is 6. The van der Waals surface area contributed by atoms with Crippen molar-refractivity contribution in [3.63, 3.8) is 0 Å². The quantitative estimate of drug-likeness (QED) is 0.414. The number of aromatic nitrogens is 4. The summed E-state index contributed by atoms with van der Waals surface area (Å²) in [6.45, 7) is 9.16. The number of fused-ring (bicyclic) bond motifs is 3. The third-order valence-electron chi connectivity index (χ3n) is 6.13. The number of ether oxygens (including phenoxy) is 2. The first-order chi connectivity index (χ1) is 16.0. The summed E-state index contributed by atoms with van der Waals surface area (Å²) in [5.41, 5.74) is 8.14. The van der Waals surface area contributed by atoms with Crippen molar-refractivity contribution in [3.05, 3.63) is 70.7 Å². The van der Waals surface area contributed by atoms with Crippen LogP contribution in [0.2, 0.25) is 0 Å². The highest BCUT2D eigenvalue weighted by Gasteiger charge is 2.17. The smallest absolute Gasteiger partial charge is 0.312 e. The molecule has 0 N–H and O–H groups in total. The van der Waals surface area contributed by atoms with E-state index < -0.39 is 0 Å². The predicted octanol–water partition coefficient (Wildman–Crippen LogP) is 4.35.